The van der Waals surface area contributed by atoms with Gasteiger partial charge in [-0.1, -0.05) is 60.2 Å². The topological polar surface area (TPSA) is 53.2 Å². The Morgan fingerprint density at radius 2 is 1.50 bits per heavy atom. The fourth-order valence-corrected chi connectivity index (χ4v) is 3.04. The van der Waals surface area contributed by atoms with E-state index in [2.05, 4.69) is 16.0 Å². The normalized spacial score (nSPS) is 11.4. The van der Waals surface area contributed by atoms with Gasteiger partial charge in [0.25, 0.3) is 5.91 Å². The van der Waals surface area contributed by atoms with Crippen molar-refractivity contribution in [3.05, 3.63) is 95.6 Å². The number of hydrogen-bond donors (Lipinski definition) is 3. The van der Waals surface area contributed by atoms with E-state index in [0.717, 1.165) is 11.3 Å². The van der Waals surface area contributed by atoms with Crippen molar-refractivity contribution < 1.29 is 4.79 Å². The first-order chi connectivity index (χ1) is 13.5. The Hall–Kier alpha value is -3.18. The standard InChI is InChI=1S/C23H23N3OS/c1-16-12-14-19(15-13-16)25-23(28)26-21-11-7-6-10-20(21)22(27)24-17(2)18-8-4-3-5-9-18/h3-15,17H,1-2H3,(H,24,27)(H2,25,26,28)/t17-/m0/s1. The number of aryl methyl sites for hydroxylation is 1. The zero-order chi connectivity index (χ0) is 19.9. The molecule has 1 amide bonds. The van der Waals surface area contributed by atoms with E-state index in [1.807, 2.05) is 86.6 Å². The van der Waals surface area contributed by atoms with E-state index in [4.69, 9.17) is 12.2 Å². The van der Waals surface area contributed by atoms with Gasteiger partial charge >= 0.3 is 0 Å². The molecule has 142 valence electrons. The molecule has 0 aromatic heterocycles. The van der Waals surface area contributed by atoms with Crippen LogP contribution in [0.5, 0.6) is 0 Å². The molecular weight excluding hydrogens is 366 g/mol. The first-order valence-corrected chi connectivity index (χ1v) is 9.53. The maximum atomic E-state index is 12.8. The van der Waals surface area contributed by atoms with Crippen LogP contribution in [0.25, 0.3) is 0 Å². The number of benzene rings is 3. The second-order valence-electron chi connectivity index (χ2n) is 6.60. The predicted molar refractivity (Wildman–Crippen MR) is 120 cm³/mol. The summed E-state index contributed by atoms with van der Waals surface area (Å²) in [5.41, 5.74) is 4.32. The summed E-state index contributed by atoms with van der Waals surface area (Å²) in [7, 11) is 0. The Morgan fingerprint density at radius 1 is 0.857 bits per heavy atom. The van der Waals surface area contributed by atoms with E-state index in [1.165, 1.54) is 5.56 Å². The summed E-state index contributed by atoms with van der Waals surface area (Å²) in [5.74, 6) is -0.155. The summed E-state index contributed by atoms with van der Waals surface area (Å²) >= 11 is 5.41. The van der Waals surface area contributed by atoms with Crippen molar-refractivity contribution >= 4 is 34.6 Å². The SMILES string of the molecule is Cc1ccc(NC(=S)Nc2ccccc2C(=O)N[C@@H](C)c2ccccc2)cc1. The first-order valence-electron chi connectivity index (χ1n) is 9.12. The van der Waals surface area contributed by atoms with Crippen molar-refractivity contribution in [2.45, 2.75) is 19.9 Å². The number of nitrogens with one attached hydrogen (secondary N) is 3. The lowest BCUT2D eigenvalue weighted by Gasteiger charge is -2.17. The molecule has 0 aliphatic rings. The van der Waals surface area contributed by atoms with Gasteiger partial charge in [0.1, 0.15) is 0 Å². The summed E-state index contributed by atoms with van der Waals surface area (Å²) < 4.78 is 0. The van der Waals surface area contributed by atoms with E-state index >= 15 is 0 Å². The van der Waals surface area contributed by atoms with Crippen LogP contribution < -0.4 is 16.0 Å². The molecule has 1 atom stereocenters. The molecule has 3 rings (SSSR count). The van der Waals surface area contributed by atoms with Crippen LogP contribution in [0, 0.1) is 6.92 Å². The molecule has 0 fully saturated rings. The average Bonchev–Trinajstić information content (AvgIpc) is 2.70. The van der Waals surface area contributed by atoms with Crippen LogP contribution in [0.2, 0.25) is 0 Å². The predicted octanol–water partition coefficient (Wildman–Crippen LogP) is 5.29. The van der Waals surface area contributed by atoms with Crippen LogP contribution in [-0.4, -0.2) is 11.0 Å². The van der Waals surface area contributed by atoms with E-state index in [-0.39, 0.29) is 11.9 Å². The smallest absolute Gasteiger partial charge is 0.253 e. The minimum absolute atomic E-state index is 0.0978. The third-order valence-corrected chi connectivity index (χ3v) is 4.58. The van der Waals surface area contributed by atoms with Gasteiger partial charge in [0.2, 0.25) is 0 Å². The molecule has 0 radical (unpaired) electrons. The van der Waals surface area contributed by atoms with Gasteiger partial charge in [-0.05, 0) is 55.9 Å². The van der Waals surface area contributed by atoms with Gasteiger partial charge in [-0.15, -0.1) is 0 Å². The van der Waals surface area contributed by atoms with Gasteiger partial charge in [0, 0.05) is 5.69 Å². The third-order valence-electron chi connectivity index (χ3n) is 4.38. The molecule has 28 heavy (non-hydrogen) atoms. The maximum Gasteiger partial charge on any atom is 0.253 e. The van der Waals surface area contributed by atoms with Gasteiger partial charge in [-0.3, -0.25) is 4.79 Å². The van der Waals surface area contributed by atoms with Crippen LogP contribution in [0.15, 0.2) is 78.9 Å². The molecular formula is C23H23N3OS. The second-order valence-corrected chi connectivity index (χ2v) is 7.00. The zero-order valence-corrected chi connectivity index (χ0v) is 16.7. The molecule has 5 heteroatoms. The molecule has 0 aliphatic heterocycles. The molecule has 3 aromatic rings. The molecule has 0 saturated heterocycles. The molecule has 0 saturated carbocycles. The summed E-state index contributed by atoms with van der Waals surface area (Å²) in [4.78, 5) is 12.8. The third kappa shape index (κ3) is 5.18. The van der Waals surface area contributed by atoms with Crippen molar-refractivity contribution in [3.8, 4) is 0 Å². The Labute approximate surface area is 171 Å². The average molecular weight is 390 g/mol. The number of para-hydroxylation sites is 1. The molecule has 0 spiro atoms. The highest BCUT2D eigenvalue weighted by Crippen LogP contribution is 2.18. The lowest BCUT2D eigenvalue weighted by atomic mass is 10.1. The Bertz CT molecular complexity index is 955. The highest BCUT2D eigenvalue weighted by atomic mass is 32.1. The van der Waals surface area contributed by atoms with Gasteiger partial charge < -0.3 is 16.0 Å². The Morgan fingerprint density at radius 3 is 2.21 bits per heavy atom. The van der Waals surface area contributed by atoms with Crippen LogP contribution in [0.1, 0.15) is 34.5 Å². The van der Waals surface area contributed by atoms with Crippen molar-refractivity contribution in [1.29, 1.82) is 0 Å². The van der Waals surface area contributed by atoms with Crippen molar-refractivity contribution in [2.24, 2.45) is 0 Å². The van der Waals surface area contributed by atoms with Crippen molar-refractivity contribution in [1.82, 2.24) is 5.32 Å². The molecule has 3 aromatic carbocycles. The van der Waals surface area contributed by atoms with Crippen LogP contribution >= 0.6 is 12.2 Å². The van der Waals surface area contributed by atoms with E-state index < -0.39 is 0 Å². The summed E-state index contributed by atoms with van der Waals surface area (Å²) in [5, 5.41) is 9.74. The van der Waals surface area contributed by atoms with Gasteiger partial charge in [-0.2, -0.15) is 0 Å². The lowest BCUT2D eigenvalue weighted by molar-refractivity contribution is 0.0941. The minimum Gasteiger partial charge on any atom is -0.345 e. The Kier molecular flexibility index (Phi) is 6.40. The first kappa shape index (κ1) is 19.6. The summed E-state index contributed by atoms with van der Waals surface area (Å²) in [6.45, 7) is 4.00. The van der Waals surface area contributed by atoms with Gasteiger partial charge in [0.05, 0.1) is 17.3 Å². The van der Waals surface area contributed by atoms with Crippen molar-refractivity contribution in [2.75, 3.05) is 10.6 Å². The molecule has 0 unspecified atom stereocenters. The number of rotatable bonds is 5. The maximum absolute atomic E-state index is 12.8. The van der Waals surface area contributed by atoms with Crippen LogP contribution in [-0.2, 0) is 0 Å². The summed E-state index contributed by atoms with van der Waals surface area (Å²) in [6, 6.07) is 25.0. The lowest BCUT2D eigenvalue weighted by Crippen LogP contribution is -2.28. The number of hydrogen-bond acceptors (Lipinski definition) is 2. The number of thiocarbonyl (C=S) groups is 1. The van der Waals surface area contributed by atoms with Crippen molar-refractivity contribution in [3.63, 3.8) is 0 Å². The van der Waals surface area contributed by atoms with Crippen LogP contribution in [0.3, 0.4) is 0 Å². The molecule has 3 N–H and O–H groups in total. The fraction of sp³-hybridized carbons (Fsp3) is 0.130. The fourth-order valence-electron chi connectivity index (χ4n) is 2.81. The number of anilines is 2. The van der Waals surface area contributed by atoms with E-state index in [0.29, 0.717) is 16.4 Å². The monoisotopic (exact) mass is 389 g/mol. The quantitative estimate of drug-likeness (QED) is 0.519. The number of carbonyl (C=O) groups excluding carboxylic acids is 1. The molecule has 0 bridgehead atoms. The van der Waals surface area contributed by atoms with Gasteiger partial charge in [-0.25, -0.2) is 0 Å². The zero-order valence-electron chi connectivity index (χ0n) is 15.9. The van der Waals surface area contributed by atoms with Gasteiger partial charge in [0.15, 0.2) is 5.11 Å². The second kappa shape index (κ2) is 9.15. The largest absolute Gasteiger partial charge is 0.345 e. The summed E-state index contributed by atoms with van der Waals surface area (Å²) in [6.07, 6.45) is 0. The minimum atomic E-state index is -0.155. The Balaban J connectivity index is 1.69. The molecule has 0 heterocycles. The number of carbonyl (C=O) groups is 1. The highest BCUT2D eigenvalue weighted by Gasteiger charge is 2.15. The number of amides is 1. The molecule has 0 aliphatic carbocycles. The van der Waals surface area contributed by atoms with E-state index in [1.54, 1.807) is 6.07 Å². The molecule has 4 nitrogen and oxygen atoms in total. The van der Waals surface area contributed by atoms with E-state index in [9.17, 15) is 4.79 Å². The highest BCUT2D eigenvalue weighted by molar-refractivity contribution is 7.80. The van der Waals surface area contributed by atoms with Crippen LogP contribution in [0.4, 0.5) is 11.4 Å².